The minimum absolute atomic E-state index is 0.281. The van der Waals surface area contributed by atoms with Crippen molar-refractivity contribution in [3.8, 4) is 0 Å². The Kier molecular flexibility index (Phi) is 2.20. The number of fused-ring (bicyclic) bond motifs is 1. The first-order valence-corrected chi connectivity index (χ1v) is 6.30. The van der Waals surface area contributed by atoms with Crippen LogP contribution in [0.4, 0.5) is 0 Å². The molecule has 1 aliphatic heterocycles. The number of hydrogen-bond donors (Lipinski definition) is 0. The molecule has 1 saturated heterocycles. The molecule has 0 N–H and O–H groups in total. The topological polar surface area (TPSA) is 37.4 Å². The zero-order chi connectivity index (χ0) is 9.47. The van der Waals surface area contributed by atoms with Gasteiger partial charge in [0.05, 0.1) is 0 Å². The molecule has 4 heteroatoms. The van der Waals surface area contributed by atoms with E-state index < -0.39 is 10.0 Å². The van der Waals surface area contributed by atoms with Gasteiger partial charge in [-0.1, -0.05) is 13.0 Å². The lowest BCUT2D eigenvalue weighted by Crippen LogP contribution is -2.34. The summed E-state index contributed by atoms with van der Waals surface area (Å²) < 4.78 is 24.7. The number of hydrogen-bond acceptors (Lipinski definition) is 2. The van der Waals surface area contributed by atoms with Gasteiger partial charge in [0, 0.05) is 18.0 Å². The molecule has 0 bridgehead atoms. The van der Waals surface area contributed by atoms with Gasteiger partial charge in [0.1, 0.15) is 0 Å². The summed E-state index contributed by atoms with van der Waals surface area (Å²) in [6, 6.07) is 0.281. The van der Waals surface area contributed by atoms with E-state index in [9.17, 15) is 8.42 Å². The van der Waals surface area contributed by atoms with Crippen molar-refractivity contribution in [3.63, 3.8) is 0 Å². The van der Waals surface area contributed by atoms with Gasteiger partial charge in [-0.15, -0.1) is 0 Å². The Bertz CT molecular complexity index is 310. The summed E-state index contributed by atoms with van der Waals surface area (Å²) in [5.74, 6) is 0.620. The molecule has 0 spiro atoms. The first-order chi connectivity index (χ1) is 6.15. The second-order valence-electron chi connectivity index (χ2n) is 3.87. The van der Waals surface area contributed by atoms with Crippen molar-refractivity contribution in [2.45, 2.75) is 31.7 Å². The molecule has 2 fully saturated rings. The lowest BCUT2D eigenvalue weighted by atomic mass is 10.1. The van der Waals surface area contributed by atoms with Crippen LogP contribution in [-0.2, 0) is 10.0 Å². The third kappa shape index (κ3) is 1.42. The van der Waals surface area contributed by atoms with E-state index in [-0.39, 0.29) is 6.04 Å². The highest BCUT2D eigenvalue weighted by molar-refractivity contribution is 7.92. The van der Waals surface area contributed by atoms with Crippen LogP contribution < -0.4 is 0 Å². The molecule has 2 aliphatic rings. The number of nitrogens with zero attached hydrogens (tertiary/aromatic N) is 1. The first-order valence-electron chi connectivity index (χ1n) is 4.79. The van der Waals surface area contributed by atoms with Gasteiger partial charge in [0.2, 0.25) is 10.0 Å². The minimum atomic E-state index is -3.15. The molecule has 13 heavy (non-hydrogen) atoms. The Morgan fingerprint density at radius 3 is 2.77 bits per heavy atom. The average Bonchev–Trinajstić information content (AvgIpc) is 2.62. The molecule has 2 unspecified atom stereocenters. The summed E-state index contributed by atoms with van der Waals surface area (Å²) in [4.78, 5) is 0. The maximum Gasteiger partial charge on any atom is 0.235 e. The van der Waals surface area contributed by atoms with E-state index >= 15 is 0 Å². The lowest BCUT2D eigenvalue weighted by Gasteiger charge is -2.20. The van der Waals surface area contributed by atoms with Gasteiger partial charge in [-0.3, -0.25) is 0 Å². The SMILES string of the molecule is C=CS(=O)(=O)N1CCC2CCCC21. The third-order valence-corrected chi connectivity index (χ3v) is 4.77. The van der Waals surface area contributed by atoms with Crippen molar-refractivity contribution >= 4 is 10.0 Å². The second-order valence-corrected chi connectivity index (χ2v) is 5.70. The molecule has 2 rings (SSSR count). The Morgan fingerprint density at radius 2 is 2.08 bits per heavy atom. The highest BCUT2D eigenvalue weighted by atomic mass is 32.2. The fourth-order valence-electron chi connectivity index (χ4n) is 2.60. The Balaban J connectivity index is 2.22. The van der Waals surface area contributed by atoms with Crippen LogP contribution >= 0.6 is 0 Å². The number of rotatable bonds is 2. The molecule has 74 valence electrons. The van der Waals surface area contributed by atoms with Crippen LogP contribution in [0, 0.1) is 5.92 Å². The lowest BCUT2D eigenvalue weighted by molar-refractivity contribution is 0.371. The smallest absolute Gasteiger partial charge is 0.208 e. The van der Waals surface area contributed by atoms with Crippen LogP contribution in [0.5, 0.6) is 0 Å². The molecule has 1 heterocycles. The highest BCUT2D eigenvalue weighted by Gasteiger charge is 2.41. The molecule has 0 aromatic heterocycles. The van der Waals surface area contributed by atoms with E-state index in [0.717, 1.165) is 18.2 Å². The van der Waals surface area contributed by atoms with E-state index in [1.807, 2.05) is 0 Å². The van der Waals surface area contributed by atoms with E-state index in [1.165, 1.54) is 12.8 Å². The van der Waals surface area contributed by atoms with Crippen LogP contribution in [-0.4, -0.2) is 25.3 Å². The molecule has 0 radical (unpaired) electrons. The van der Waals surface area contributed by atoms with Crippen molar-refractivity contribution in [2.75, 3.05) is 6.54 Å². The van der Waals surface area contributed by atoms with Gasteiger partial charge in [-0.25, -0.2) is 8.42 Å². The summed E-state index contributed by atoms with van der Waals surface area (Å²) in [6.07, 6.45) is 4.46. The van der Waals surface area contributed by atoms with Gasteiger partial charge in [-0.05, 0) is 25.2 Å². The summed E-state index contributed by atoms with van der Waals surface area (Å²) >= 11 is 0. The predicted octanol–water partition coefficient (Wildman–Crippen LogP) is 1.33. The Labute approximate surface area is 79.5 Å². The minimum Gasteiger partial charge on any atom is -0.208 e. The zero-order valence-corrected chi connectivity index (χ0v) is 8.46. The molecule has 1 saturated carbocycles. The molecule has 1 aliphatic carbocycles. The summed E-state index contributed by atoms with van der Waals surface area (Å²) in [5.41, 5.74) is 0. The van der Waals surface area contributed by atoms with Gasteiger partial charge >= 0.3 is 0 Å². The predicted molar refractivity (Wildman–Crippen MR) is 51.6 cm³/mol. The maximum absolute atomic E-state index is 11.6. The quantitative estimate of drug-likeness (QED) is 0.676. The second kappa shape index (κ2) is 3.10. The Hall–Kier alpha value is -0.350. The summed E-state index contributed by atoms with van der Waals surface area (Å²) in [7, 11) is -3.15. The fourth-order valence-corrected chi connectivity index (χ4v) is 3.81. The summed E-state index contributed by atoms with van der Waals surface area (Å²) in [5, 5.41) is 1.08. The monoisotopic (exact) mass is 201 g/mol. The molecular weight excluding hydrogens is 186 g/mol. The zero-order valence-electron chi connectivity index (χ0n) is 7.65. The molecule has 3 nitrogen and oxygen atoms in total. The van der Waals surface area contributed by atoms with Crippen molar-refractivity contribution in [3.05, 3.63) is 12.0 Å². The molecule has 0 aromatic rings. The largest absolute Gasteiger partial charge is 0.235 e. The van der Waals surface area contributed by atoms with Crippen LogP contribution in [0.15, 0.2) is 12.0 Å². The van der Waals surface area contributed by atoms with Crippen LogP contribution in [0.3, 0.4) is 0 Å². The van der Waals surface area contributed by atoms with Gasteiger partial charge in [0.25, 0.3) is 0 Å². The van der Waals surface area contributed by atoms with E-state index in [4.69, 9.17) is 0 Å². The standard InChI is InChI=1S/C9H15NO2S/c1-2-13(11,12)10-7-6-8-4-3-5-9(8)10/h2,8-9H,1,3-7H2. The van der Waals surface area contributed by atoms with Gasteiger partial charge < -0.3 is 0 Å². The van der Waals surface area contributed by atoms with Crippen molar-refractivity contribution < 1.29 is 8.42 Å². The van der Waals surface area contributed by atoms with E-state index in [2.05, 4.69) is 6.58 Å². The van der Waals surface area contributed by atoms with E-state index in [1.54, 1.807) is 4.31 Å². The third-order valence-electron chi connectivity index (χ3n) is 3.25. The fraction of sp³-hybridized carbons (Fsp3) is 0.778. The van der Waals surface area contributed by atoms with Crippen molar-refractivity contribution in [1.82, 2.24) is 4.31 Å². The van der Waals surface area contributed by atoms with Crippen molar-refractivity contribution in [1.29, 1.82) is 0 Å². The average molecular weight is 201 g/mol. The van der Waals surface area contributed by atoms with Crippen LogP contribution in [0.1, 0.15) is 25.7 Å². The molecule has 0 amide bonds. The van der Waals surface area contributed by atoms with Crippen LogP contribution in [0.25, 0.3) is 0 Å². The maximum atomic E-state index is 11.6. The van der Waals surface area contributed by atoms with Gasteiger partial charge in [-0.2, -0.15) is 4.31 Å². The highest BCUT2D eigenvalue weighted by Crippen LogP contribution is 2.39. The van der Waals surface area contributed by atoms with E-state index in [0.29, 0.717) is 12.5 Å². The van der Waals surface area contributed by atoms with Crippen molar-refractivity contribution in [2.24, 2.45) is 5.92 Å². The van der Waals surface area contributed by atoms with Crippen LogP contribution in [0.2, 0.25) is 0 Å². The molecule has 0 aromatic carbocycles. The number of sulfonamides is 1. The van der Waals surface area contributed by atoms with Gasteiger partial charge in [0.15, 0.2) is 0 Å². The summed E-state index contributed by atoms with van der Waals surface area (Å²) in [6.45, 7) is 4.06. The molecule has 2 atom stereocenters. The normalized spacial score (nSPS) is 34.8. The first kappa shape index (κ1) is 9.21. The Morgan fingerprint density at radius 1 is 1.31 bits per heavy atom. The molecular formula is C9H15NO2S.